The normalized spacial score (nSPS) is 14.4. The van der Waals surface area contributed by atoms with E-state index in [-0.39, 0.29) is 25.7 Å². The maximum atomic E-state index is 13.1. The second-order valence-corrected chi connectivity index (χ2v) is 32.0. The van der Waals surface area contributed by atoms with Crippen molar-refractivity contribution in [3.8, 4) is 0 Å². The van der Waals surface area contributed by atoms with Crippen LogP contribution in [0.15, 0.2) is 0 Å². The zero-order valence-electron chi connectivity index (χ0n) is 62.3. The summed E-state index contributed by atoms with van der Waals surface area (Å²) in [5.74, 6) is 0.953. The Kier molecular flexibility index (Phi) is 64.0. The lowest BCUT2D eigenvalue weighted by molar-refractivity contribution is -0.161. The van der Waals surface area contributed by atoms with Gasteiger partial charge in [-0.1, -0.05) is 331 Å². The molecule has 0 aliphatic rings. The molecule has 0 amide bonds. The van der Waals surface area contributed by atoms with E-state index in [1.807, 2.05) is 0 Å². The molecule has 4 unspecified atom stereocenters. The summed E-state index contributed by atoms with van der Waals surface area (Å²) in [4.78, 5) is 72.8. The molecule has 0 saturated heterocycles. The summed E-state index contributed by atoms with van der Waals surface area (Å²) in [5.41, 5.74) is 0. The van der Waals surface area contributed by atoms with Gasteiger partial charge in [-0.25, -0.2) is 9.13 Å². The van der Waals surface area contributed by atoms with Gasteiger partial charge in [-0.05, 0) is 49.4 Å². The SMILES string of the molecule is CCC(C)CCCCCCCCCCCCCCCCC(=O)O[C@H](COC(=O)CCCCCCCCCCCCCC(C)C)COP(=O)(O)OCC(O)COP(=O)(O)OC[C@@H](COC(=O)CCCCCCCCCC(C)C)OC(=O)CCCCCCCCCCCCC(C)C. The van der Waals surface area contributed by atoms with Gasteiger partial charge < -0.3 is 33.8 Å². The van der Waals surface area contributed by atoms with Gasteiger partial charge >= 0.3 is 39.5 Å². The Morgan fingerprint density at radius 1 is 0.295 bits per heavy atom. The lowest BCUT2D eigenvalue weighted by atomic mass is 9.99. The molecule has 17 nitrogen and oxygen atoms in total. The summed E-state index contributed by atoms with van der Waals surface area (Å²) in [5, 5.41) is 10.6. The highest BCUT2D eigenvalue weighted by Gasteiger charge is 2.30. The first-order valence-electron chi connectivity index (χ1n) is 39.2. The number of aliphatic hydroxyl groups is 1. The minimum Gasteiger partial charge on any atom is -0.462 e. The lowest BCUT2D eigenvalue weighted by Gasteiger charge is -2.21. The first kappa shape index (κ1) is 93.1. The Morgan fingerprint density at radius 3 is 0.747 bits per heavy atom. The summed E-state index contributed by atoms with van der Waals surface area (Å²) in [6.07, 6.45) is 49.9. The van der Waals surface area contributed by atoms with Crippen molar-refractivity contribution in [3.05, 3.63) is 0 Å². The van der Waals surface area contributed by atoms with E-state index in [4.69, 9.17) is 37.0 Å². The first-order valence-corrected chi connectivity index (χ1v) is 42.2. The van der Waals surface area contributed by atoms with Crippen molar-refractivity contribution in [2.24, 2.45) is 23.7 Å². The van der Waals surface area contributed by atoms with Crippen LogP contribution >= 0.6 is 15.6 Å². The first-order chi connectivity index (χ1) is 45.6. The van der Waals surface area contributed by atoms with Crippen molar-refractivity contribution in [1.82, 2.24) is 0 Å². The molecule has 3 N–H and O–H groups in total. The van der Waals surface area contributed by atoms with E-state index in [2.05, 4.69) is 55.4 Å². The maximum Gasteiger partial charge on any atom is 0.472 e. The number of aliphatic hydroxyl groups excluding tert-OH is 1. The number of phosphoric ester groups is 2. The third-order valence-electron chi connectivity index (χ3n) is 17.9. The number of carbonyl (C=O) groups is 4. The van der Waals surface area contributed by atoms with Crippen LogP contribution in [0.2, 0.25) is 0 Å². The summed E-state index contributed by atoms with van der Waals surface area (Å²) in [6, 6.07) is 0. The van der Waals surface area contributed by atoms with E-state index >= 15 is 0 Å². The lowest BCUT2D eigenvalue weighted by Crippen LogP contribution is -2.30. The molecule has 95 heavy (non-hydrogen) atoms. The van der Waals surface area contributed by atoms with E-state index in [0.29, 0.717) is 31.6 Å². The van der Waals surface area contributed by atoms with E-state index in [1.54, 1.807) is 0 Å². The number of rotatable bonds is 73. The van der Waals surface area contributed by atoms with Gasteiger partial charge in [-0.15, -0.1) is 0 Å². The van der Waals surface area contributed by atoms with Gasteiger partial charge in [-0.3, -0.25) is 37.3 Å². The fourth-order valence-corrected chi connectivity index (χ4v) is 13.1. The predicted octanol–water partition coefficient (Wildman–Crippen LogP) is 22.0. The van der Waals surface area contributed by atoms with E-state index in [1.165, 1.54) is 180 Å². The maximum absolute atomic E-state index is 13.1. The average molecular weight is 1400 g/mol. The molecule has 0 aromatic carbocycles. The molecule has 0 heterocycles. The smallest absolute Gasteiger partial charge is 0.462 e. The minimum atomic E-state index is -4.96. The Bertz CT molecular complexity index is 1870. The highest BCUT2D eigenvalue weighted by atomic mass is 31.2. The number of hydrogen-bond donors (Lipinski definition) is 3. The van der Waals surface area contributed by atoms with E-state index in [9.17, 15) is 43.2 Å². The fourth-order valence-electron chi connectivity index (χ4n) is 11.5. The number of carbonyl (C=O) groups excluding carboxylic acids is 4. The molecule has 0 radical (unpaired) electrons. The zero-order chi connectivity index (χ0) is 70.3. The molecule has 0 fully saturated rings. The van der Waals surface area contributed by atoms with E-state index < -0.39 is 97.5 Å². The monoisotopic (exact) mass is 1400 g/mol. The van der Waals surface area contributed by atoms with Gasteiger partial charge in [-0.2, -0.15) is 0 Å². The predicted molar refractivity (Wildman–Crippen MR) is 386 cm³/mol. The summed E-state index contributed by atoms with van der Waals surface area (Å²) in [7, 11) is -9.91. The Morgan fingerprint density at radius 2 is 0.505 bits per heavy atom. The molecule has 0 aliphatic heterocycles. The van der Waals surface area contributed by atoms with Crippen LogP contribution in [0.1, 0.15) is 383 Å². The summed E-state index contributed by atoms with van der Waals surface area (Å²) >= 11 is 0. The second-order valence-electron chi connectivity index (χ2n) is 29.1. The van der Waals surface area contributed by atoms with Crippen LogP contribution in [0.3, 0.4) is 0 Å². The van der Waals surface area contributed by atoms with Crippen molar-refractivity contribution in [2.45, 2.75) is 401 Å². The van der Waals surface area contributed by atoms with Gasteiger partial charge in [0.1, 0.15) is 19.3 Å². The summed E-state index contributed by atoms with van der Waals surface area (Å²) in [6.45, 7) is 14.2. The van der Waals surface area contributed by atoms with E-state index in [0.717, 1.165) is 114 Å². The van der Waals surface area contributed by atoms with Crippen LogP contribution in [-0.4, -0.2) is 96.7 Å². The highest BCUT2D eigenvalue weighted by molar-refractivity contribution is 7.47. The van der Waals surface area contributed by atoms with Crippen LogP contribution in [0.4, 0.5) is 0 Å². The van der Waals surface area contributed by atoms with Crippen LogP contribution in [0.5, 0.6) is 0 Å². The molecule has 19 heteroatoms. The molecule has 6 atom stereocenters. The number of unbranched alkanes of at least 4 members (excludes halogenated alkanes) is 38. The number of esters is 4. The molecular formula is C76H148O17P2. The van der Waals surface area contributed by atoms with Gasteiger partial charge in [0.2, 0.25) is 0 Å². The van der Waals surface area contributed by atoms with Crippen molar-refractivity contribution < 1.29 is 80.2 Å². The molecule has 0 aromatic rings. The Labute approximate surface area is 581 Å². The topological polar surface area (TPSA) is 237 Å². The third kappa shape index (κ3) is 69.0. The van der Waals surface area contributed by atoms with Gasteiger partial charge in [0.25, 0.3) is 0 Å². The van der Waals surface area contributed by atoms with Crippen LogP contribution in [0.25, 0.3) is 0 Å². The minimum absolute atomic E-state index is 0.105. The van der Waals surface area contributed by atoms with Crippen molar-refractivity contribution in [3.63, 3.8) is 0 Å². The molecule has 0 bridgehead atoms. The molecule has 0 saturated carbocycles. The fraction of sp³-hybridized carbons (Fsp3) is 0.947. The molecular weight excluding hydrogens is 1250 g/mol. The Balaban J connectivity index is 5.25. The molecule has 0 spiro atoms. The average Bonchev–Trinajstić information content (AvgIpc) is 2.15. The highest BCUT2D eigenvalue weighted by Crippen LogP contribution is 2.45. The van der Waals surface area contributed by atoms with Crippen molar-refractivity contribution in [2.75, 3.05) is 39.6 Å². The second kappa shape index (κ2) is 65.4. The van der Waals surface area contributed by atoms with Crippen LogP contribution in [0, 0.1) is 23.7 Å². The number of ether oxygens (including phenoxy) is 4. The molecule has 0 aliphatic carbocycles. The third-order valence-corrected chi connectivity index (χ3v) is 19.8. The van der Waals surface area contributed by atoms with Crippen LogP contribution in [-0.2, 0) is 65.4 Å². The number of phosphoric acid groups is 2. The zero-order valence-corrected chi connectivity index (χ0v) is 64.1. The quantitative estimate of drug-likeness (QED) is 0.0222. The number of hydrogen-bond acceptors (Lipinski definition) is 15. The van der Waals surface area contributed by atoms with Gasteiger partial charge in [0.05, 0.1) is 26.4 Å². The summed E-state index contributed by atoms with van der Waals surface area (Å²) < 4.78 is 68.5. The van der Waals surface area contributed by atoms with Gasteiger partial charge in [0, 0.05) is 25.7 Å². The molecule has 564 valence electrons. The van der Waals surface area contributed by atoms with Crippen LogP contribution < -0.4 is 0 Å². The van der Waals surface area contributed by atoms with Crippen molar-refractivity contribution in [1.29, 1.82) is 0 Å². The standard InChI is InChI=1S/C76H148O17P2/c1-9-69(8)55-47-39-31-23-16-12-10-11-13-17-25-33-42-50-58-75(80)92-71(62-86-73(78)56-48-40-32-24-18-14-15-21-28-36-44-52-66(2)3)64-90-94(82,83)88-60-70(77)61-89-95(84,85)91-65-72(63-87-74(79)57-49-41-35-27-30-38-46-54-68(6)7)93-76(81)59-51-43-34-26-20-19-22-29-37-45-53-67(4)5/h66-72,77H,9-65H2,1-8H3,(H,82,83)(H,84,85)/t69?,70?,71-,72-/m1/s1. The largest absolute Gasteiger partial charge is 0.472 e. The van der Waals surface area contributed by atoms with Gasteiger partial charge in [0.15, 0.2) is 12.2 Å². The van der Waals surface area contributed by atoms with Crippen molar-refractivity contribution >= 4 is 39.5 Å². The Hall–Kier alpha value is -1.94. The molecule has 0 aromatic heterocycles. The molecule has 0 rings (SSSR count).